The van der Waals surface area contributed by atoms with Crippen LogP contribution >= 0.6 is 0 Å². The van der Waals surface area contributed by atoms with Crippen molar-refractivity contribution in [2.24, 2.45) is 0 Å². The molecule has 3 aromatic rings. The normalized spacial score (nSPS) is 15.1. The summed E-state index contributed by atoms with van der Waals surface area (Å²) in [6, 6.07) is 10.3. The molecule has 1 saturated heterocycles. The van der Waals surface area contributed by atoms with Crippen LogP contribution in [0.5, 0.6) is 0 Å². The zero-order chi connectivity index (χ0) is 19.7. The molecular weight excluding hydrogens is 350 g/mol. The second kappa shape index (κ2) is 7.59. The Bertz CT molecular complexity index is 977. The number of benzene rings is 1. The molecule has 0 aliphatic carbocycles. The highest BCUT2D eigenvalue weighted by Gasteiger charge is 2.18. The van der Waals surface area contributed by atoms with Gasteiger partial charge in [0.2, 0.25) is 0 Å². The Kier molecular flexibility index (Phi) is 5.00. The quantitative estimate of drug-likeness (QED) is 0.722. The van der Waals surface area contributed by atoms with E-state index >= 15 is 0 Å². The molecule has 0 amide bonds. The average Bonchev–Trinajstić information content (AvgIpc) is 3.09. The number of H-pyrrole nitrogens is 1. The van der Waals surface area contributed by atoms with Gasteiger partial charge in [-0.3, -0.25) is 5.10 Å². The molecule has 0 bridgehead atoms. The first-order valence-electron chi connectivity index (χ1n) is 9.68. The van der Waals surface area contributed by atoms with E-state index in [2.05, 4.69) is 64.4 Å². The second-order valence-electron chi connectivity index (χ2n) is 7.53. The Labute approximate surface area is 167 Å². The molecule has 1 aromatic carbocycles. The summed E-state index contributed by atoms with van der Waals surface area (Å²) < 4.78 is 0. The third kappa shape index (κ3) is 3.84. The number of aromatic amines is 1. The monoisotopic (exact) mass is 379 g/mol. The van der Waals surface area contributed by atoms with Crippen LogP contribution in [0.3, 0.4) is 0 Å². The fourth-order valence-electron chi connectivity index (χ4n) is 3.42. The fraction of sp³-hybridized carbons (Fsp3) is 0.381. The maximum atomic E-state index is 4.93. The molecule has 4 rings (SSSR count). The summed E-state index contributed by atoms with van der Waals surface area (Å²) in [7, 11) is 2.16. The molecule has 0 saturated carbocycles. The van der Waals surface area contributed by atoms with Crippen LogP contribution in [-0.2, 0) is 0 Å². The van der Waals surface area contributed by atoms with Gasteiger partial charge in [-0.25, -0.2) is 9.97 Å². The Morgan fingerprint density at radius 1 is 1.00 bits per heavy atom. The van der Waals surface area contributed by atoms with Crippen molar-refractivity contribution in [1.29, 1.82) is 0 Å². The lowest BCUT2D eigenvalue weighted by Gasteiger charge is -2.33. The predicted octanol–water partition coefficient (Wildman–Crippen LogP) is 3.53. The van der Waals surface area contributed by atoms with Crippen molar-refractivity contribution in [2.75, 3.05) is 43.4 Å². The van der Waals surface area contributed by atoms with Gasteiger partial charge in [0.05, 0.1) is 0 Å². The van der Waals surface area contributed by atoms with E-state index in [1.54, 1.807) is 0 Å². The van der Waals surface area contributed by atoms with Crippen LogP contribution in [-0.4, -0.2) is 58.3 Å². The minimum Gasteiger partial charge on any atom is -0.354 e. The Balaban J connectivity index is 0.00000240. The molecular formula is C21H29N7. The number of nitrogens with zero attached hydrogens (tertiary/aromatic N) is 5. The number of piperazine rings is 1. The molecule has 28 heavy (non-hydrogen) atoms. The van der Waals surface area contributed by atoms with Gasteiger partial charge < -0.3 is 15.1 Å². The van der Waals surface area contributed by atoms with Crippen molar-refractivity contribution in [3.63, 3.8) is 0 Å². The van der Waals surface area contributed by atoms with Crippen LogP contribution < -0.4 is 10.2 Å². The van der Waals surface area contributed by atoms with Gasteiger partial charge in [-0.1, -0.05) is 18.2 Å². The van der Waals surface area contributed by atoms with Crippen LogP contribution in [0.25, 0.3) is 11.4 Å². The van der Waals surface area contributed by atoms with E-state index in [1.807, 2.05) is 19.1 Å². The highest BCUT2D eigenvalue weighted by Crippen LogP contribution is 2.28. The molecule has 0 spiro atoms. The van der Waals surface area contributed by atoms with Gasteiger partial charge >= 0.3 is 0 Å². The van der Waals surface area contributed by atoms with Gasteiger partial charge in [-0.15, -0.1) is 0 Å². The summed E-state index contributed by atoms with van der Waals surface area (Å²) >= 11 is 0. The highest BCUT2D eigenvalue weighted by molar-refractivity contribution is 5.67. The summed E-state index contributed by atoms with van der Waals surface area (Å²) in [5.41, 5.74) is 4.52. The van der Waals surface area contributed by atoms with E-state index in [1.165, 1.54) is 11.1 Å². The maximum absolute atomic E-state index is 4.93. The number of hydrogen-bond acceptors (Lipinski definition) is 6. The molecule has 7 heteroatoms. The van der Waals surface area contributed by atoms with Gasteiger partial charge in [0.25, 0.3) is 0 Å². The van der Waals surface area contributed by atoms with E-state index in [0.717, 1.165) is 60.7 Å². The Hall–Kier alpha value is -2.93. The van der Waals surface area contributed by atoms with E-state index in [-0.39, 0.29) is 1.43 Å². The highest BCUT2D eigenvalue weighted by atomic mass is 15.3. The van der Waals surface area contributed by atoms with Crippen molar-refractivity contribution in [3.8, 4) is 11.4 Å². The standard InChI is InChI=1S/C21H27N7.H2/c1-14-6-5-7-17(16(14)3)21-23-18(22-19-12-15(2)25-26-19)13-20(24-21)28-10-8-27(4)9-11-28;/h5-7,12-13H,8-11H2,1-4H3,(H2,22,23,24,25,26);1H. The van der Waals surface area contributed by atoms with Crippen LogP contribution in [0.15, 0.2) is 30.3 Å². The van der Waals surface area contributed by atoms with E-state index < -0.39 is 0 Å². The molecule has 0 radical (unpaired) electrons. The van der Waals surface area contributed by atoms with Crippen LogP contribution in [0, 0.1) is 20.8 Å². The Morgan fingerprint density at radius 2 is 1.79 bits per heavy atom. The minimum absolute atomic E-state index is 0. The van der Waals surface area contributed by atoms with E-state index in [9.17, 15) is 0 Å². The molecule has 0 atom stereocenters. The third-order valence-electron chi connectivity index (χ3n) is 5.35. The molecule has 1 aliphatic heterocycles. The zero-order valence-electron chi connectivity index (χ0n) is 17.0. The van der Waals surface area contributed by atoms with Crippen molar-refractivity contribution in [3.05, 3.63) is 47.2 Å². The van der Waals surface area contributed by atoms with Crippen molar-refractivity contribution >= 4 is 17.5 Å². The lowest BCUT2D eigenvalue weighted by Crippen LogP contribution is -2.44. The molecule has 0 unspecified atom stereocenters. The number of likely N-dealkylation sites (N-methyl/N-ethyl adjacent to an activating group) is 1. The summed E-state index contributed by atoms with van der Waals surface area (Å²) in [4.78, 5) is 14.4. The first kappa shape index (κ1) is 18.4. The number of rotatable bonds is 4. The largest absolute Gasteiger partial charge is 0.354 e. The molecule has 7 nitrogen and oxygen atoms in total. The summed E-state index contributed by atoms with van der Waals surface area (Å²) in [5.74, 6) is 3.21. The zero-order valence-corrected chi connectivity index (χ0v) is 17.0. The number of anilines is 3. The first-order chi connectivity index (χ1) is 13.5. The second-order valence-corrected chi connectivity index (χ2v) is 7.53. The van der Waals surface area contributed by atoms with Crippen LogP contribution in [0.2, 0.25) is 0 Å². The summed E-state index contributed by atoms with van der Waals surface area (Å²) in [5, 5.41) is 10.6. The van der Waals surface area contributed by atoms with Gasteiger partial charge in [0, 0.05) is 51.0 Å². The van der Waals surface area contributed by atoms with Gasteiger partial charge in [0.15, 0.2) is 11.6 Å². The van der Waals surface area contributed by atoms with Crippen molar-refractivity contribution in [1.82, 2.24) is 25.1 Å². The van der Waals surface area contributed by atoms with Crippen molar-refractivity contribution < 1.29 is 1.43 Å². The van der Waals surface area contributed by atoms with E-state index in [0.29, 0.717) is 0 Å². The molecule has 2 aromatic heterocycles. The topological polar surface area (TPSA) is 73.0 Å². The fourth-order valence-corrected chi connectivity index (χ4v) is 3.42. The lowest BCUT2D eigenvalue weighted by molar-refractivity contribution is 0.312. The molecule has 1 aliphatic rings. The maximum Gasteiger partial charge on any atom is 0.164 e. The minimum atomic E-state index is 0. The molecule has 3 heterocycles. The number of aromatic nitrogens is 4. The Morgan fingerprint density at radius 3 is 2.50 bits per heavy atom. The SMILES string of the molecule is Cc1cc(Nc2cc(N3CCN(C)CC3)nc(-c3cccc(C)c3C)n2)n[nH]1.[HH]. The average molecular weight is 380 g/mol. The number of hydrogen-bond donors (Lipinski definition) is 2. The van der Waals surface area contributed by atoms with Gasteiger partial charge in [-0.05, 0) is 38.9 Å². The van der Waals surface area contributed by atoms with Gasteiger partial charge in [0.1, 0.15) is 11.6 Å². The number of nitrogens with one attached hydrogen (secondary N) is 2. The first-order valence-corrected chi connectivity index (χ1v) is 9.68. The van der Waals surface area contributed by atoms with Crippen molar-refractivity contribution in [2.45, 2.75) is 20.8 Å². The summed E-state index contributed by atoms with van der Waals surface area (Å²) in [6.45, 7) is 10.2. The predicted molar refractivity (Wildman–Crippen MR) is 115 cm³/mol. The lowest BCUT2D eigenvalue weighted by atomic mass is 10.0. The molecule has 1 fully saturated rings. The van der Waals surface area contributed by atoms with Crippen LogP contribution in [0.4, 0.5) is 17.5 Å². The van der Waals surface area contributed by atoms with E-state index in [4.69, 9.17) is 9.97 Å². The van der Waals surface area contributed by atoms with Crippen LogP contribution in [0.1, 0.15) is 18.2 Å². The third-order valence-corrected chi connectivity index (χ3v) is 5.35. The smallest absolute Gasteiger partial charge is 0.164 e. The summed E-state index contributed by atoms with van der Waals surface area (Å²) in [6.07, 6.45) is 0. The van der Waals surface area contributed by atoms with Gasteiger partial charge in [-0.2, -0.15) is 5.10 Å². The number of aryl methyl sites for hydroxylation is 2. The molecule has 2 N–H and O–H groups in total. The molecule has 148 valence electrons.